The Morgan fingerprint density at radius 2 is 1.83 bits per heavy atom. The number of rotatable bonds is 4. The molecule has 3 amide bonds. The molecule has 5 heterocycles. The van der Waals surface area contributed by atoms with Gasteiger partial charge in [-0.05, 0) is 48.9 Å². The van der Waals surface area contributed by atoms with Gasteiger partial charge in [-0.2, -0.15) is 13.2 Å². The van der Waals surface area contributed by atoms with Crippen molar-refractivity contribution >= 4 is 51.7 Å². The summed E-state index contributed by atoms with van der Waals surface area (Å²) in [6.45, 7) is 6.19. The number of hydrogen-bond donors (Lipinski definition) is 1. The molecule has 4 aliphatic rings. The number of nitrogens with two attached hydrogens (primary N) is 1. The molecule has 3 atom stereocenters. The maximum Gasteiger partial charge on any atom is 0.433 e. The fraction of sp³-hybridized carbons (Fsp3) is 0.483. The number of aryl methyl sites for hydroxylation is 1. The van der Waals surface area contributed by atoms with Gasteiger partial charge in [-0.25, -0.2) is 4.98 Å². The zero-order valence-corrected chi connectivity index (χ0v) is 24.8. The van der Waals surface area contributed by atoms with Crippen molar-refractivity contribution in [1.82, 2.24) is 19.8 Å². The van der Waals surface area contributed by atoms with Gasteiger partial charge in [0.15, 0.2) is 0 Å². The highest BCUT2D eigenvalue weighted by Crippen LogP contribution is 2.63. The summed E-state index contributed by atoms with van der Waals surface area (Å²) in [4.78, 5) is 51.6. The maximum atomic E-state index is 13.9. The second-order valence-corrected chi connectivity index (χ2v) is 13.7. The third-order valence-electron chi connectivity index (χ3n) is 9.53. The van der Waals surface area contributed by atoms with Crippen LogP contribution in [0.4, 0.5) is 13.2 Å². The molecular formula is C29H29ClF3N5O3S. The van der Waals surface area contributed by atoms with E-state index in [4.69, 9.17) is 5.73 Å². The number of imide groups is 1. The van der Waals surface area contributed by atoms with Gasteiger partial charge in [0.05, 0.1) is 39.9 Å². The summed E-state index contributed by atoms with van der Waals surface area (Å²) in [6.07, 6.45) is -1.39. The lowest BCUT2D eigenvalue weighted by molar-refractivity contribution is -0.144. The number of fused-ring (bicyclic) bond motifs is 2. The predicted molar refractivity (Wildman–Crippen MR) is 152 cm³/mol. The van der Waals surface area contributed by atoms with Gasteiger partial charge in [-0.1, -0.05) is 13.8 Å². The highest BCUT2D eigenvalue weighted by atomic mass is 35.5. The first-order valence-electron chi connectivity index (χ1n) is 13.6. The number of alkyl halides is 3. The number of hydrogen-bond acceptors (Lipinski definition) is 7. The number of thiophene rings is 1. The summed E-state index contributed by atoms with van der Waals surface area (Å²) < 4.78 is 42.3. The second-order valence-electron chi connectivity index (χ2n) is 12.5. The van der Waals surface area contributed by atoms with Crippen molar-refractivity contribution in [2.45, 2.75) is 52.4 Å². The number of nitrogens with zero attached hydrogens (tertiary/aromatic N) is 4. The second kappa shape index (κ2) is 9.20. The highest BCUT2D eigenvalue weighted by Gasteiger charge is 2.72. The number of piperidine rings is 1. The fourth-order valence-electron chi connectivity index (χ4n) is 6.85. The number of halogens is 4. The average Bonchev–Trinajstić information content (AvgIpc) is 3.63. The van der Waals surface area contributed by atoms with Crippen molar-refractivity contribution < 1.29 is 27.6 Å². The minimum Gasteiger partial charge on any atom is -0.336 e. The van der Waals surface area contributed by atoms with E-state index in [1.54, 1.807) is 17.0 Å². The summed E-state index contributed by atoms with van der Waals surface area (Å²) >= 11 is 1.23. The van der Waals surface area contributed by atoms with Crippen molar-refractivity contribution in [3.63, 3.8) is 0 Å². The minimum absolute atomic E-state index is 0. The topological polar surface area (TPSA) is 109 Å². The molecule has 7 rings (SSSR count). The van der Waals surface area contributed by atoms with Gasteiger partial charge in [0.2, 0.25) is 11.8 Å². The number of carbonyl (C=O) groups is 3. The summed E-state index contributed by atoms with van der Waals surface area (Å²) in [5.74, 6) is -1.41. The molecule has 4 fully saturated rings. The Morgan fingerprint density at radius 1 is 1.17 bits per heavy atom. The first-order chi connectivity index (χ1) is 19.2. The molecule has 0 bridgehead atoms. The Labute approximate surface area is 249 Å². The van der Waals surface area contributed by atoms with Crippen LogP contribution in [-0.4, -0.2) is 56.6 Å². The summed E-state index contributed by atoms with van der Waals surface area (Å²) in [5, 5.41) is 0. The molecule has 42 heavy (non-hydrogen) atoms. The van der Waals surface area contributed by atoms with E-state index in [2.05, 4.69) is 9.97 Å². The molecule has 3 aromatic heterocycles. The maximum absolute atomic E-state index is 13.9. The Hall–Kier alpha value is -3.09. The van der Waals surface area contributed by atoms with Crippen LogP contribution in [0.1, 0.15) is 53.2 Å². The molecular weight excluding hydrogens is 591 g/mol. The van der Waals surface area contributed by atoms with Crippen molar-refractivity contribution in [2.75, 3.05) is 13.1 Å². The lowest BCUT2D eigenvalue weighted by atomic mass is 9.99. The Kier molecular flexibility index (Phi) is 6.36. The molecule has 2 unspecified atom stereocenters. The van der Waals surface area contributed by atoms with Crippen LogP contribution in [0.5, 0.6) is 0 Å². The molecule has 222 valence electrons. The van der Waals surface area contributed by atoms with Crippen molar-refractivity contribution in [1.29, 1.82) is 0 Å². The van der Waals surface area contributed by atoms with Crippen LogP contribution in [0.2, 0.25) is 0 Å². The monoisotopic (exact) mass is 619 g/mol. The minimum atomic E-state index is -4.72. The number of likely N-dealkylation sites (tertiary alicyclic amines) is 2. The van der Waals surface area contributed by atoms with E-state index in [9.17, 15) is 27.6 Å². The summed E-state index contributed by atoms with van der Waals surface area (Å²) in [7, 11) is 0. The molecule has 2 aliphatic carbocycles. The van der Waals surface area contributed by atoms with Crippen molar-refractivity contribution in [2.24, 2.45) is 28.4 Å². The molecule has 13 heteroatoms. The van der Waals surface area contributed by atoms with E-state index >= 15 is 0 Å². The van der Waals surface area contributed by atoms with E-state index in [1.165, 1.54) is 29.4 Å². The average molecular weight is 620 g/mol. The van der Waals surface area contributed by atoms with Crippen LogP contribution < -0.4 is 5.73 Å². The van der Waals surface area contributed by atoms with Gasteiger partial charge in [0.25, 0.3) is 5.91 Å². The molecule has 2 saturated carbocycles. The molecule has 2 saturated heterocycles. The number of pyridine rings is 2. The molecule has 8 nitrogen and oxygen atoms in total. The number of carbonyl (C=O) groups excluding carboxylic acids is 3. The quantitative estimate of drug-likeness (QED) is 0.420. The zero-order valence-electron chi connectivity index (χ0n) is 23.1. The lowest BCUT2D eigenvalue weighted by Gasteiger charge is -2.21. The largest absolute Gasteiger partial charge is 0.433 e. The Bertz CT molecular complexity index is 1660. The first kappa shape index (κ1) is 29.0. The van der Waals surface area contributed by atoms with E-state index in [0.717, 1.165) is 18.9 Å². The number of aromatic nitrogens is 2. The summed E-state index contributed by atoms with van der Waals surface area (Å²) in [6, 6.07) is 4.04. The van der Waals surface area contributed by atoms with Crippen LogP contribution in [0.15, 0.2) is 24.4 Å². The molecule has 1 spiro atoms. The van der Waals surface area contributed by atoms with Gasteiger partial charge in [-0.15, -0.1) is 23.7 Å². The third-order valence-corrected chi connectivity index (χ3v) is 10.7. The van der Waals surface area contributed by atoms with Gasteiger partial charge in [0.1, 0.15) is 5.69 Å². The Balaban J connectivity index is 0.00000316. The van der Waals surface area contributed by atoms with E-state index < -0.39 is 17.8 Å². The predicted octanol–water partition coefficient (Wildman–Crippen LogP) is 4.81. The molecule has 3 aromatic rings. The van der Waals surface area contributed by atoms with Crippen molar-refractivity contribution in [3.05, 3.63) is 46.1 Å². The standard InChI is InChI=1S/C29H28F3N5O3S.ClH/c1-13-8-18(29(30,31)32)35-22(19(13)24(38)36-11-17(33)28(12-36)5-6-28)15-4-7-34-16-9-14(41-23(15)16)10-37-25(39)20-21(26(37)40)27(20,2)3;/h4,7-9,17,20-21H,5-6,10-12,33H2,1-3H3;1H/t17-,20?,21?;/m1./s1. The lowest BCUT2D eigenvalue weighted by Crippen LogP contribution is -2.35. The van der Waals surface area contributed by atoms with Crippen LogP contribution in [0.25, 0.3) is 21.5 Å². The molecule has 0 radical (unpaired) electrons. The van der Waals surface area contributed by atoms with Crippen LogP contribution in [0, 0.1) is 29.6 Å². The van der Waals surface area contributed by atoms with Gasteiger partial charge in [0, 0.05) is 41.2 Å². The molecule has 2 aliphatic heterocycles. The SMILES string of the molecule is Cc1cc(C(F)(F)F)nc(-c2ccnc3cc(CN4C(=O)C5C(C4=O)C5(C)C)sc23)c1C(=O)N1C[C@@H](N)C2(CC2)C1.Cl. The fourth-order valence-corrected chi connectivity index (χ4v) is 7.96. The van der Waals surface area contributed by atoms with Crippen LogP contribution in [0.3, 0.4) is 0 Å². The Morgan fingerprint density at radius 3 is 2.43 bits per heavy atom. The van der Waals surface area contributed by atoms with Gasteiger partial charge < -0.3 is 10.6 Å². The number of amides is 3. The van der Waals surface area contributed by atoms with Crippen LogP contribution >= 0.6 is 23.7 Å². The third kappa shape index (κ3) is 4.16. The zero-order chi connectivity index (χ0) is 29.2. The van der Waals surface area contributed by atoms with E-state index in [1.807, 2.05) is 13.8 Å². The van der Waals surface area contributed by atoms with Gasteiger partial charge in [-0.3, -0.25) is 24.3 Å². The molecule has 2 N–H and O–H groups in total. The smallest absolute Gasteiger partial charge is 0.336 e. The normalized spacial score (nSPS) is 25.3. The van der Waals surface area contributed by atoms with Gasteiger partial charge >= 0.3 is 6.18 Å². The first-order valence-corrected chi connectivity index (χ1v) is 14.4. The summed E-state index contributed by atoms with van der Waals surface area (Å²) in [5.41, 5.74) is 5.86. The van der Waals surface area contributed by atoms with Crippen LogP contribution in [-0.2, 0) is 22.3 Å². The van der Waals surface area contributed by atoms with E-state index in [0.29, 0.717) is 33.7 Å². The van der Waals surface area contributed by atoms with E-state index in [-0.39, 0.29) is 76.3 Å². The van der Waals surface area contributed by atoms with Crippen molar-refractivity contribution in [3.8, 4) is 11.3 Å². The highest BCUT2D eigenvalue weighted by molar-refractivity contribution is 7.19. The molecule has 0 aromatic carbocycles.